The first-order valence-corrected chi connectivity index (χ1v) is 7.46. The molecule has 0 aliphatic carbocycles. The van der Waals surface area contributed by atoms with Gasteiger partial charge in [0.15, 0.2) is 0 Å². The molecular formula is C15H24N4O2. The molecule has 0 atom stereocenters. The molecule has 1 aliphatic rings. The molecule has 6 heteroatoms. The number of aliphatic hydroxyl groups is 1. The minimum absolute atomic E-state index is 0.0231. The lowest BCUT2D eigenvalue weighted by molar-refractivity contribution is 0.0615. The lowest BCUT2D eigenvalue weighted by Crippen LogP contribution is -2.49. The minimum Gasteiger partial charge on any atom is -0.395 e. The maximum Gasteiger partial charge on any atom is 0.257 e. The minimum atomic E-state index is 0.0231. The highest BCUT2D eigenvalue weighted by Crippen LogP contribution is 2.16. The third kappa shape index (κ3) is 4.15. The number of pyridine rings is 1. The van der Waals surface area contributed by atoms with Crippen LogP contribution in [0.4, 0.5) is 5.82 Å². The molecule has 0 spiro atoms. The van der Waals surface area contributed by atoms with E-state index in [9.17, 15) is 4.79 Å². The molecule has 1 aromatic heterocycles. The van der Waals surface area contributed by atoms with Crippen molar-refractivity contribution in [2.45, 2.75) is 19.9 Å². The summed E-state index contributed by atoms with van der Waals surface area (Å²) in [6.07, 6.45) is 1.70. The van der Waals surface area contributed by atoms with Gasteiger partial charge in [-0.25, -0.2) is 4.98 Å². The van der Waals surface area contributed by atoms with Gasteiger partial charge < -0.3 is 15.3 Å². The summed E-state index contributed by atoms with van der Waals surface area (Å²) in [7, 11) is 0. The number of hydrogen-bond donors (Lipinski definition) is 2. The van der Waals surface area contributed by atoms with Crippen LogP contribution in [0.2, 0.25) is 0 Å². The van der Waals surface area contributed by atoms with Crippen LogP contribution in [0.3, 0.4) is 0 Å². The normalized spacial score (nSPS) is 16.3. The molecule has 0 bridgehead atoms. The van der Waals surface area contributed by atoms with Gasteiger partial charge in [-0.05, 0) is 26.0 Å². The zero-order chi connectivity index (χ0) is 15.2. The third-order valence-electron chi connectivity index (χ3n) is 3.54. The van der Waals surface area contributed by atoms with E-state index in [2.05, 4.69) is 15.2 Å². The van der Waals surface area contributed by atoms with Gasteiger partial charge in [-0.2, -0.15) is 0 Å². The van der Waals surface area contributed by atoms with Crippen molar-refractivity contribution < 1.29 is 9.90 Å². The van der Waals surface area contributed by atoms with Crippen molar-refractivity contribution in [2.24, 2.45) is 0 Å². The summed E-state index contributed by atoms with van der Waals surface area (Å²) in [5, 5.41) is 12.2. The largest absolute Gasteiger partial charge is 0.395 e. The number of nitrogens with zero attached hydrogens (tertiary/aromatic N) is 3. The number of piperazine rings is 1. The van der Waals surface area contributed by atoms with Crippen LogP contribution >= 0.6 is 0 Å². The Labute approximate surface area is 125 Å². The molecule has 0 saturated carbocycles. The molecule has 21 heavy (non-hydrogen) atoms. The highest BCUT2D eigenvalue weighted by atomic mass is 16.3. The van der Waals surface area contributed by atoms with Crippen LogP contribution in [0.5, 0.6) is 0 Å². The summed E-state index contributed by atoms with van der Waals surface area (Å²) in [5.41, 5.74) is 0.627. The van der Waals surface area contributed by atoms with Crippen molar-refractivity contribution >= 4 is 11.7 Å². The van der Waals surface area contributed by atoms with Gasteiger partial charge in [-0.15, -0.1) is 0 Å². The molecule has 1 aliphatic heterocycles. The average molecular weight is 292 g/mol. The molecule has 2 heterocycles. The smallest absolute Gasteiger partial charge is 0.257 e. The van der Waals surface area contributed by atoms with Gasteiger partial charge in [0.25, 0.3) is 5.91 Å². The van der Waals surface area contributed by atoms with Crippen molar-refractivity contribution in [3.05, 3.63) is 23.9 Å². The maximum atomic E-state index is 12.6. The fourth-order valence-corrected chi connectivity index (χ4v) is 2.45. The first kappa shape index (κ1) is 15.7. The average Bonchev–Trinajstić information content (AvgIpc) is 2.48. The number of rotatable bonds is 5. The summed E-state index contributed by atoms with van der Waals surface area (Å²) in [6.45, 7) is 7.88. The van der Waals surface area contributed by atoms with E-state index in [1.807, 2.05) is 24.8 Å². The SMILES string of the molecule is CC(C)Nc1ncccc1C(=O)N1CCN(CCO)CC1. The second-order valence-corrected chi connectivity index (χ2v) is 5.56. The van der Waals surface area contributed by atoms with E-state index in [-0.39, 0.29) is 18.6 Å². The van der Waals surface area contributed by atoms with Crippen molar-refractivity contribution in [2.75, 3.05) is 44.6 Å². The maximum absolute atomic E-state index is 12.6. The van der Waals surface area contributed by atoms with Crippen LogP contribution in [0.15, 0.2) is 18.3 Å². The molecule has 6 nitrogen and oxygen atoms in total. The van der Waals surface area contributed by atoms with Crippen LogP contribution in [0.1, 0.15) is 24.2 Å². The Bertz CT molecular complexity index is 470. The Morgan fingerprint density at radius 3 is 2.71 bits per heavy atom. The molecule has 1 aromatic rings. The van der Waals surface area contributed by atoms with Gasteiger partial charge in [-0.1, -0.05) is 0 Å². The second-order valence-electron chi connectivity index (χ2n) is 5.56. The van der Waals surface area contributed by atoms with Crippen molar-refractivity contribution in [1.29, 1.82) is 0 Å². The van der Waals surface area contributed by atoms with E-state index in [4.69, 9.17) is 5.11 Å². The first-order chi connectivity index (χ1) is 10.1. The van der Waals surface area contributed by atoms with Gasteiger partial charge in [-0.3, -0.25) is 9.69 Å². The Kier molecular flexibility index (Phi) is 5.52. The second kappa shape index (κ2) is 7.38. The number of β-amino-alcohol motifs (C(OH)–C–C–N with tert-alkyl or cyclic N) is 1. The molecule has 2 N–H and O–H groups in total. The summed E-state index contributed by atoms with van der Waals surface area (Å²) < 4.78 is 0. The molecule has 1 saturated heterocycles. The molecule has 2 rings (SSSR count). The number of carbonyl (C=O) groups excluding carboxylic acids is 1. The van der Waals surface area contributed by atoms with E-state index in [1.165, 1.54) is 0 Å². The van der Waals surface area contributed by atoms with Gasteiger partial charge >= 0.3 is 0 Å². The van der Waals surface area contributed by atoms with Crippen LogP contribution in [0, 0.1) is 0 Å². The number of aliphatic hydroxyl groups excluding tert-OH is 1. The summed E-state index contributed by atoms with van der Waals surface area (Å²) >= 11 is 0. The highest BCUT2D eigenvalue weighted by Gasteiger charge is 2.24. The van der Waals surface area contributed by atoms with E-state index in [0.717, 1.165) is 13.1 Å². The van der Waals surface area contributed by atoms with E-state index < -0.39 is 0 Å². The highest BCUT2D eigenvalue weighted by molar-refractivity contribution is 5.98. The number of carbonyl (C=O) groups is 1. The predicted octanol–water partition coefficient (Wildman–Crippen LogP) is 0.652. The van der Waals surface area contributed by atoms with Gasteiger partial charge in [0.1, 0.15) is 5.82 Å². The molecule has 1 amide bonds. The Morgan fingerprint density at radius 2 is 2.10 bits per heavy atom. The number of hydrogen-bond acceptors (Lipinski definition) is 5. The van der Waals surface area contributed by atoms with Crippen LogP contribution in [0.25, 0.3) is 0 Å². The topological polar surface area (TPSA) is 68.7 Å². The fourth-order valence-electron chi connectivity index (χ4n) is 2.45. The summed E-state index contributed by atoms with van der Waals surface area (Å²) in [6, 6.07) is 3.84. The predicted molar refractivity (Wildman–Crippen MR) is 82.4 cm³/mol. The zero-order valence-electron chi connectivity index (χ0n) is 12.7. The van der Waals surface area contributed by atoms with Crippen LogP contribution in [-0.2, 0) is 0 Å². The molecule has 0 unspecified atom stereocenters. The molecule has 0 radical (unpaired) electrons. The molecule has 116 valence electrons. The number of nitrogens with one attached hydrogen (secondary N) is 1. The van der Waals surface area contributed by atoms with Gasteiger partial charge in [0, 0.05) is 45.0 Å². The van der Waals surface area contributed by atoms with Crippen LogP contribution in [-0.4, -0.2) is 71.2 Å². The number of anilines is 1. The van der Waals surface area contributed by atoms with Gasteiger partial charge in [0.05, 0.1) is 12.2 Å². The van der Waals surface area contributed by atoms with E-state index in [0.29, 0.717) is 31.0 Å². The Hall–Kier alpha value is -1.66. The number of aromatic nitrogens is 1. The molecule has 1 fully saturated rings. The van der Waals surface area contributed by atoms with Crippen molar-refractivity contribution in [3.63, 3.8) is 0 Å². The fraction of sp³-hybridized carbons (Fsp3) is 0.600. The molecular weight excluding hydrogens is 268 g/mol. The van der Waals surface area contributed by atoms with Crippen LogP contribution < -0.4 is 5.32 Å². The zero-order valence-corrected chi connectivity index (χ0v) is 12.7. The first-order valence-electron chi connectivity index (χ1n) is 7.46. The van der Waals surface area contributed by atoms with Gasteiger partial charge in [0.2, 0.25) is 0 Å². The van der Waals surface area contributed by atoms with Crippen molar-refractivity contribution in [1.82, 2.24) is 14.8 Å². The Morgan fingerprint density at radius 1 is 1.38 bits per heavy atom. The third-order valence-corrected chi connectivity index (χ3v) is 3.54. The lowest BCUT2D eigenvalue weighted by atomic mass is 10.2. The standard InChI is InChI=1S/C15H24N4O2/c1-12(2)17-14-13(4-3-5-16-14)15(21)19-8-6-18(7-9-19)10-11-20/h3-5,12,20H,6-11H2,1-2H3,(H,16,17). The van der Waals surface area contributed by atoms with E-state index >= 15 is 0 Å². The summed E-state index contributed by atoms with van der Waals surface area (Å²) in [5.74, 6) is 0.671. The summed E-state index contributed by atoms with van der Waals surface area (Å²) in [4.78, 5) is 20.9. The Balaban J connectivity index is 2.04. The number of amides is 1. The van der Waals surface area contributed by atoms with Crippen molar-refractivity contribution in [3.8, 4) is 0 Å². The molecule has 0 aromatic carbocycles. The quantitative estimate of drug-likeness (QED) is 0.834. The van der Waals surface area contributed by atoms with E-state index in [1.54, 1.807) is 12.3 Å². The lowest BCUT2D eigenvalue weighted by Gasteiger charge is -2.34. The monoisotopic (exact) mass is 292 g/mol.